The van der Waals surface area contributed by atoms with Gasteiger partial charge >= 0.3 is 0 Å². The Balaban J connectivity index is 1.69. The lowest BCUT2D eigenvalue weighted by Crippen LogP contribution is -2.23. The first-order valence-corrected chi connectivity index (χ1v) is 9.51. The molecule has 130 valence electrons. The number of imidazole rings is 1. The SMILES string of the molecule is CC[C@H]1CCN(c2ncc(Sc3ccnc(N)c3Cl)c3nccn23)C1. The van der Waals surface area contributed by atoms with Crippen molar-refractivity contribution in [3.63, 3.8) is 0 Å². The quantitative estimate of drug-likeness (QED) is 0.749. The normalized spacial score (nSPS) is 17.5. The van der Waals surface area contributed by atoms with Crippen molar-refractivity contribution in [2.75, 3.05) is 23.7 Å². The third kappa shape index (κ3) is 3.02. The Labute approximate surface area is 155 Å². The number of hydrogen-bond donors (Lipinski definition) is 1. The predicted molar refractivity (Wildman–Crippen MR) is 101 cm³/mol. The number of aromatic nitrogens is 4. The lowest BCUT2D eigenvalue weighted by molar-refractivity contribution is 0.568. The maximum Gasteiger partial charge on any atom is 0.211 e. The zero-order valence-electron chi connectivity index (χ0n) is 13.9. The molecule has 6 nitrogen and oxygen atoms in total. The first-order chi connectivity index (χ1) is 12.2. The van der Waals surface area contributed by atoms with Gasteiger partial charge in [-0.05, 0) is 18.4 Å². The summed E-state index contributed by atoms with van der Waals surface area (Å²) in [4.78, 5) is 17.4. The summed E-state index contributed by atoms with van der Waals surface area (Å²) in [6.07, 6.45) is 9.72. The Morgan fingerprint density at radius 1 is 1.28 bits per heavy atom. The van der Waals surface area contributed by atoms with Gasteiger partial charge in [-0.3, -0.25) is 4.40 Å². The summed E-state index contributed by atoms with van der Waals surface area (Å²) >= 11 is 7.77. The summed E-state index contributed by atoms with van der Waals surface area (Å²) in [5.74, 6) is 2.03. The van der Waals surface area contributed by atoms with Crippen LogP contribution in [0.4, 0.5) is 11.8 Å². The van der Waals surface area contributed by atoms with Crippen LogP contribution in [0.25, 0.3) is 5.65 Å². The zero-order valence-corrected chi connectivity index (χ0v) is 15.5. The maximum atomic E-state index is 6.27. The van der Waals surface area contributed by atoms with Crippen molar-refractivity contribution in [2.24, 2.45) is 5.92 Å². The number of nitrogens with two attached hydrogens (primary N) is 1. The summed E-state index contributed by atoms with van der Waals surface area (Å²) in [5.41, 5.74) is 6.68. The van der Waals surface area contributed by atoms with Crippen LogP contribution in [0, 0.1) is 5.92 Å². The number of pyridine rings is 1. The number of nitrogens with zero attached hydrogens (tertiary/aromatic N) is 5. The van der Waals surface area contributed by atoms with E-state index in [9.17, 15) is 0 Å². The van der Waals surface area contributed by atoms with Gasteiger partial charge in [-0.2, -0.15) is 0 Å². The van der Waals surface area contributed by atoms with E-state index in [2.05, 4.69) is 26.2 Å². The van der Waals surface area contributed by atoms with Crippen molar-refractivity contribution in [2.45, 2.75) is 29.6 Å². The minimum absolute atomic E-state index is 0.332. The van der Waals surface area contributed by atoms with Crippen molar-refractivity contribution in [1.82, 2.24) is 19.4 Å². The van der Waals surface area contributed by atoms with Crippen LogP contribution in [0.15, 0.2) is 40.6 Å². The number of rotatable bonds is 4. The third-order valence-corrected chi connectivity index (χ3v) is 6.20. The molecule has 0 aliphatic carbocycles. The standard InChI is InChI=1S/C17H19ClN6S/c1-2-11-4-7-23(10-11)17-22-9-13(16-21-6-8-24(16)17)25-12-3-5-20-15(19)14(12)18/h3,5-6,8-9,11H,2,4,7,10H2,1H3,(H2,19,20)/t11-/m0/s1. The largest absolute Gasteiger partial charge is 0.382 e. The fourth-order valence-corrected chi connectivity index (χ4v) is 4.31. The number of nitrogen functional groups attached to an aromatic ring is 1. The van der Waals surface area contributed by atoms with Gasteiger partial charge in [-0.1, -0.05) is 36.7 Å². The van der Waals surface area contributed by atoms with E-state index in [0.29, 0.717) is 10.8 Å². The molecule has 2 N–H and O–H groups in total. The number of halogens is 1. The van der Waals surface area contributed by atoms with E-state index in [1.54, 1.807) is 12.4 Å². The molecule has 0 saturated carbocycles. The Kier molecular flexibility index (Phi) is 4.43. The molecule has 1 aliphatic rings. The fourth-order valence-electron chi connectivity index (χ4n) is 3.18. The molecule has 1 aliphatic heterocycles. The van der Waals surface area contributed by atoms with Crippen LogP contribution < -0.4 is 10.6 Å². The second kappa shape index (κ2) is 6.72. The molecule has 0 aromatic carbocycles. The van der Waals surface area contributed by atoms with Gasteiger partial charge < -0.3 is 10.6 Å². The van der Waals surface area contributed by atoms with Gasteiger partial charge in [-0.25, -0.2) is 15.0 Å². The summed E-state index contributed by atoms with van der Waals surface area (Å²) < 4.78 is 2.05. The Morgan fingerprint density at radius 2 is 2.16 bits per heavy atom. The van der Waals surface area contributed by atoms with Gasteiger partial charge in [-0.15, -0.1) is 0 Å². The van der Waals surface area contributed by atoms with E-state index in [1.165, 1.54) is 24.6 Å². The van der Waals surface area contributed by atoms with Gasteiger partial charge in [0.1, 0.15) is 5.82 Å². The average molecular weight is 375 g/mol. The van der Waals surface area contributed by atoms with Crippen LogP contribution >= 0.6 is 23.4 Å². The number of anilines is 2. The molecular weight excluding hydrogens is 356 g/mol. The first kappa shape index (κ1) is 16.5. The third-order valence-electron chi connectivity index (χ3n) is 4.62. The lowest BCUT2D eigenvalue weighted by Gasteiger charge is -2.19. The Hall–Kier alpha value is -1.99. The van der Waals surface area contributed by atoms with Crippen molar-refractivity contribution in [3.05, 3.63) is 35.9 Å². The minimum atomic E-state index is 0.332. The van der Waals surface area contributed by atoms with Crippen molar-refractivity contribution in [3.8, 4) is 0 Å². The van der Waals surface area contributed by atoms with Crippen molar-refractivity contribution < 1.29 is 0 Å². The van der Waals surface area contributed by atoms with Crippen molar-refractivity contribution >= 4 is 40.8 Å². The minimum Gasteiger partial charge on any atom is -0.382 e. The summed E-state index contributed by atoms with van der Waals surface area (Å²) in [6.45, 7) is 4.34. The predicted octanol–water partition coefficient (Wildman–Crippen LogP) is 3.75. The fraction of sp³-hybridized carbons (Fsp3) is 0.353. The van der Waals surface area contributed by atoms with E-state index in [1.807, 2.05) is 18.5 Å². The molecule has 25 heavy (non-hydrogen) atoms. The molecule has 8 heteroatoms. The molecule has 4 heterocycles. The van der Waals surface area contributed by atoms with Crippen LogP contribution in [0.2, 0.25) is 5.02 Å². The van der Waals surface area contributed by atoms with Crippen LogP contribution in [0.1, 0.15) is 19.8 Å². The van der Waals surface area contributed by atoms with E-state index < -0.39 is 0 Å². The first-order valence-electron chi connectivity index (χ1n) is 8.32. The smallest absolute Gasteiger partial charge is 0.211 e. The molecule has 1 fully saturated rings. The molecule has 1 atom stereocenters. The van der Waals surface area contributed by atoms with Crippen molar-refractivity contribution in [1.29, 1.82) is 0 Å². The highest BCUT2D eigenvalue weighted by atomic mass is 35.5. The molecule has 4 rings (SSSR count). The van der Waals surface area contributed by atoms with E-state index in [-0.39, 0.29) is 0 Å². The monoisotopic (exact) mass is 374 g/mol. The summed E-state index contributed by atoms with van der Waals surface area (Å²) in [7, 11) is 0. The second-order valence-corrected chi connectivity index (χ2v) is 7.62. The molecule has 0 amide bonds. The highest BCUT2D eigenvalue weighted by Gasteiger charge is 2.24. The number of hydrogen-bond acceptors (Lipinski definition) is 6. The van der Waals surface area contributed by atoms with Gasteiger partial charge in [0.15, 0.2) is 5.65 Å². The lowest BCUT2D eigenvalue weighted by atomic mass is 10.1. The van der Waals surface area contributed by atoms with Gasteiger partial charge in [0.25, 0.3) is 0 Å². The molecule has 0 spiro atoms. The molecular formula is C17H19ClN6S. The number of fused-ring (bicyclic) bond motifs is 1. The highest BCUT2D eigenvalue weighted by Crippen LogP contribution is 2.37. The highest BCUT2D eigenvalue weighted by molar-refractivity contribution is 7.99. The van der Waals surface area contributed by atoms with Gasteiger partial charge in [0.05, 0.1) is 9.92 Å². The van der Waals surface area contributed by atoms with E-state index in [4.69, 9.17) is 22.3 Å². The molecule has 3 aromatic rings. The van der Waals surface area contributed by atoms with Gasteiger partial charge in [0, 0.05) is 42.8 Å². The maximum absolute atomic E-state index is 6.27. The van der Waals surface area contributed by atoms with Crippen LogP contribution in [0.3, 0.4) is 0 Å². The van der Waals surface area contributed by atoms with Crippen LogP contribution in [0.5, 0.6) is 0 Å². The summed E-state index contributed by atoms with van der Waals surface area (Å²) in [6, 6.07) is 1.85. The zero-order chi connectivity index (χ0) is 17.4. The van der Waals surface area contributed by atoms with E-state index >= 15 is 0 Å². The van der Waals surface area contributed by atoms with Crippen LogP contribution in [-0.4, -0.2) is 32.4 Å². The molecule has 0 radical (unpaired) electrons. The van der Waals surface area contributed by atoms with Crippen LogP contribution in [-0.2, 0) is 0 Å². The summed E-state index contributed by atoms with van der Waals surface area (Å²) in [5, 5.41) is 0.464. The Morgan fingerprint density at radius 3 is 2.96 bits per heavy atom. The topological polar surface area (TPSA) is 72.3 Å². The molecule has 0 bridgehead atoms. The molecule has 1 saturated heterocycles. The molecule has 0 unspecified atom stereocenters. The molecule has 3 aromatic heterocycles. The second-order valence-electron chi connectivity index (χ2n) is 6.16. The average Bonchev–Trinajstić information content (AvgIpc) is 3.28. The van der Waals surface area contributed by atoms with Gasteiger partial charge in [0.2, 0.25) is 5.95 Å². The Bertz CT molecular complexity index is 911. The van der Waals surface area contributed by atoms with E-state index in [0.717, 1.165) is 40.4 Å².